The molecule has 0 radical (unpaired) electrons. The smallest absolute Gasteiger partial charge is 0.303 e. The number of fused-ring (bicyclic) bond motifs is 3. The zero-order chi connectivity index (χ0) is 23.7. The van der Waals surface area contributed by atoms with Gasteiger partial charge in [-0.25, -0.2) is 0 Å². The molecule has 0 aromatic heterocycles. The second-order valence-corrected chi connectivity index (χ2v) is 9.49. The van der Waals surface area contributed by atoms with E-state index in [1.807, 2.05) is 24.3 Å². The molecule has 1 aliphatic carbocycles. The van der Waals surface area contributed by atoms with Gasteiger partial charge in [0.1, 0.15) is 18.0 Å². The highest BCUT2D eigenvalue weighted by Crippen LogP contribution is 2.44. The van der Waals surface area contributed by atoms with Gasteiger partial charge in [0.05, 0.1) is 0 Å². The Bertz CT molecular complexity index is 1040. The van der Waals surface area contributed by atoms with E-state index in [4.69, 9.17) is 25.8 Å². The third-order valence-electron chi connectivity index (χ3n) is 7.08. The minimum Gasteiger partial charge on any atom is -0.486 e. The van der Waals surface area contributed by atoms with Crippen molar-refractivity contribution in [2.24, 2.45) is 11.8 Å². The Kier molecular flexibility index (Phi) is 7.03. The third-order valence-corrected chi connectivity index (χ3v) is 7.45. The maximum atomic E-state index is 12.0. The number of hydrogen-bond acceptors (Lipinski definition) is 6. The Morgan fingerprint density at radius 2 is 1.76 bits per heavy atom. The van der Waals surface area contributed by atoms with Crippen molar-refractivity contribution in [1.82, 2.24) is 0 Å². The van der Waals surface area contributed by atoms with Crippen LogP contribution >= 0.6 is 11.6 Å². The van der Waals surface area contributed by atoms with Crippen LogP contribution in [0.3, 0.4) is 0 Å². The Hall–Kier alpha value is -2.47. The summed E-state index contributed by atoms with van der Waals surface area (Å²) in [5.41, 5.74) is 2.23. The molecule has 0 saturated heterocycles. The summed E-state index contributed by atoms with van der Waals surface area (Å²) in [5.74, 6) is 1.01. The maximum Gasteiger partial charge on any atom is 0.303 e. The van der Waals surface area contributed by atoms with Crippen molar-refractivity contribution in [1.29, 1.82) is 0 Å². The van der Waals surface area contributed by atoms with Gasteiger partial charge in [-0.1, -0.05) is 44.5 Å². The first-order valence-corrected chi connectivity index (χ1v) is 12.2. The first-order chi connectivity index (χ1) is 15.8. The van der Waals surface area contributed by atoms with E-state index in [1.54, 1.807) is 0 Å². The molecule has 0 amide bonds. The van der Waals surface area contributed by atoms with Gasteiger partial charge in [0.15, 0.2) is 6.10 Å². The van der Waals surface area contributed by atoms with Gasteiger partial charge in [0.25, 0.3) is 0 Å². The molecule has 2 aromatic carbocycles. The number of alkyl halides is 1. The fraction of sp³-hybridized carbons (Fsp3) is 0.538. The van der Waals surface area contributed by atoms with Crippen molar-refractivity contribution in [3.8, 4) is 5.75 Å². The van der Waals surface area contributed by atoms with Gasteiger partial charge in [-0.05, 0) is 29.2 Å². The van der Waals surface area contributed by atoms with Crippen LogP contribution in [-0.2, 0) is 19.1 Å². The van der Waals surface area contributed by atoms with E-state index in [-0.39, 0.29) is 23.7 Å². The topological polar surface area (TPSA) is 73.9 Å². The molecule has 1 heterocycles. The molecule has 1 saturated carbocycles. The fourth-order valence-electron chi connectivity index (χ4n) is 5.46. The zero-order valence-electron chi connectivity index (χ0n) is 19.6. The van der Waals surface area contributed by atoms with E-state index in [0.29, 0.717) is 12.3 Å². The Morgan fingerprint density at radius 3 is 2.39 bits per heavy atom. The lowest BCUT2D eigenvalue weighted by Gasteiger charge is -2.44. The van der Waals surface area contributed by atoms with Gasteiger partial charge < -0.3 is 19.5 Å². The quantitative estimate of drug-likeness (QED) is 0.455. The molecular weight excluding hydrogens is 442 g/mol. The van der Waals surface area contributed by atoms with Crippen LogP contribution in [-0.4, -0.2) is 42.7 Å². The highest BCUT2D eigenvalue weighted by atomic mass is 35.5. The number of hydrogen-bond donors (Lipinski definition) is 1. The van der Waals surface area contributed by atoms with Crippen LogP contribution in [0.1, 0.15) is 52.0 Å². The van der Waals surface area contributed by atoms with E-state index in [2.05, 4.69) is 25.2 Å². The predicted molar refractivity (Wildman–Crippen MR) is 129 cm³/mol. The molecule has 1 N–H and O–H groups in total. The standard InChI is InChI=1S/C26H32ClNO5/c1-5-17-10-23(26(32-16(4)30)25(14(17)2)31-15(3)29)33-22-11-21-24(18(12-27)13-28-21)20-9-7-6-8-19(20)22/h6-9,11,14,17-18,23,25-26,28H,5,10,12-13H2,1-4H3/t14-,17-,18+,23+,25-,26-/m0/s1. The average molecular weight is 474 g/mol. The van der Waals surface area contributed by atoms with Crippen LogP contribution < -0.4 is 10.1 Å². The van der Waals surface area contributed by atoms with E-state index < -0.39 is 24.3 Å². The van der Waals surface area contributed by atoms with Crippen molar-refractivity contribution in [2.45, 2.75) is 64.8 Å². The summed E-state index contributed by atoms with van der Waals surface area (Å²) < 4.78 is 18.0. The summed E-state index contributed by atoms with van der Waals surface area (Å²) in [4.78, 5) is 23.9. The summed E-state index contributed by atoms with van der Waals surface area (Å²) in [6.07, 6.45) is -0.0631. The van der Waals surface area contributed by atoms with Crippen LogP contribution in [0.25, 0.3) is 10.8 Å². The van der Waals surface area contributed by atoms with E-state index >= 15 is 0 Å². The molecule has 0 unspecified atom stereocenters. The average Bonchev–Trinajstić information content (AvgIpc) is 3.20. The Balaban J connectivity index is 1.75. The molecular formula is C26H32ClNO5. The molecule has 0 bridgehead atoms. The van der Waals surface area contributed by atoms with Gasteiger partial charge in [0, 0.05) is 49.3 Å². The van der Waals surface area contributed by atoms with Gasteiger partial charge in [-0.15, -0.1) is 11.6 Å². The lowest BCUT2D eigenvalue weighted by molar-refractivity contribution is -0.190. The monoisotopic (exact) mass is 473 g/mol. The van der Waals surface area contributed by atoms with Crippen molar-refractivity contribution in [3.63, 3.8) is 0 Å². The number of rotatable bonds is 6. The number of anilines is 1. The summed E-state index contributed by atoms with van der Waals surface area (Å²) >= 11 is 6.24. The lowest BCUT2D eigenvalue weighted by Crippen LogP contribution is -2.55. The number of carbonyl (C=O) groups is 2. The van der Waals surface area contributed by atoms with E-state index in [0.717, 1.165) is 35.2 Å². The zero-order valence-corrected chi connectivity index (χ0v) is 20.4. The van der Waals surface area contributed by atoms with Gasteiger partial charge in [0.2, 0.25) is 0 Å². The van der Waals surface area contributed by atoms with Crippen LogP contribution in [0, 0.1) is 11.8 Å². The molecule has 178 valence electrons. The molecule has 2 aliphatic rings. The molecule has 2 aromatic rings. The minimum atomic E-state index is -0.681. The highest BCUT2D eigenvalue weighted by Gasteiger charge is 2.47. The highest BCUT2D eigenvalue weighted by molar-refractivity contribution is 6.18. The second-order valence-electron chi connectivity index (χ2n) is 9.18. The lowest BCUT2D eigenvalue weighted by atomic mass is 9.74. The van der Waals surface area contributed by atoms with Gasteiger partial charge in [-0.3, -0.25) is 9.59 Å². The summed E-state index contributed by atoms with van der Waals surface area (Å²) in [6, 6.07) is 10.2. The third kappa shape index (κ3) is 4.63. The Labute approximate surface area is 199 Å². The minimum absolute atomic E-state index is 0.0472. The van der Waals surface area contributed by atoms with Crippen LogP contribution in [0.15, 0.2) is 30.3 Å². The summed E-state index contributed by atoms with van der Waals surface area (Å²) in [7, 11) is 0. The first-order valence-electron chi connectivity index (χ1n) is 11.7. The van der Waals surface area contributed by atoms with E-state index in [1.165, 1.54) is 19.4 Å². The molecule has 6 atom stereocenters. The molecule has 4 rings (SSSR count). The van der Waals surface area contributed by atoms with Crippen molar-refractivity contribution >= 4 is 40.0 Å². The molecule has 1 aliphatic heterocycles. The number of ether oxygens (including phenoxy) is 3. The first kappa shape index (κ1) is 23.7. The summed E-state index contributed by atoms with van der Waals surface area (Å²) in [6.45, 7) is 7.72. The van der Waals surface area contributed by atoms with Crippen LogP contribution in [0.2, 0.25) is 0 Å². The summed E-state index contributed by atoms with van der Waals surface area (Å²) in [5, 5.41) is 5.56. The van der Waals surface area contributed by atoms with Crippen molar-refractivity contribution in [3.05, 3.63) is 35.9 Å². The van der Waals surface area contributed by atoms with Crippen LogP contribution in [0.5, 0.6) is 5.75 Å². The normalized spacial score (nSPS) is 28.6. The fourth-order valence-corrected chi connectivity index (χ4v) is 5.72. The number of carbonyl (C=O) groups excluding carboxylic acids is 2. The second kappa shape index (κ2) is 9.80. The predicted octanol–water partition coefficient (Wildman–Crippen LogP) is 5.26. The van der Waals surface area contributed by atoms with E-state index in [9.17, 15) is 9.59 Å². The molecule has 33 heavy (non-hydrogen) atoms. The SMILES string of the molecule is CC[C@H]1C[C@@H](Oc2cc3c(c4ccccc24)[C@H](CCl)CN3)[C@H](OC(C)=O)[C@@H](OC(C)=O)[C@H]1C. The Morgan fingerprint density at radius 1 is 1.09 bits per heavy atom. The van der Waals surface area contributed by atoms with Gasteiger partial charge >= 0.3 is 11.9 Å². The van der Waals surface area contributed by atoms with Gasteiger partial charge in [-0.2, -0.15) is 0 Å². The largest absolute Gasteiger partial charge is 0.486 e. The molecule has 7 heteroatoms. The maximum absolute atomic E-state index is 12.0. The van der Waals surface area contributed by atoms with Crippen molar-refractivity contribution < 1.29 is 23.8 Å². The van der Waals surface area contributed by atoms with Crippen LogP contribution in [0.4, 0.5) is 5.69 Å². The number of halogens is 1. The van der Waals surface area contributed by atoms with Crippen molar-refractivity contribution in [2.75, 3.05) is 17.7 Å². The molecule has 6 nitrogen and oxygen atoms in total. The molecule has 1 fully saturated rings. The number of esters is 2. The number of nitrogens with one attached hydrogen (secondary N) is 1. The molecule has 0 spiro atoms. The number of benzene rings is 2.